The van der Waals surface area contributed by atoms with Gasteiger partial charge in [0.1, 0.15) is 0 Å². The van der Waals surface area contributed by atoms with Crippen LogP contribution in [0.1, 0.15) is 26.7 Å². The first-order valence-corrected chi connectivity index (χ1v) is 6.32. The highest BCUT2D eigenvalue weighted by atomic mass is 15.2. The summed E-state index contributed by atoms with van der Waals surface area (Å²) in [7, 11) is 1.77. The van der Waals surface area contributed by atoms with Crippen molar-refractivity contribution in [2.24, 2.45) is 4.99 Å². The van der Waals surface area contributed by atoms with Gasteiger partial charge >= 0.3 is 0 Å². The fourth-order valence-electron chi connectivity index (χ4n) is 2.08. The molecule has 1 rings (SSSR count). The summed E-state index contributed by atoms with van der Waals surface area (Å²) in [5.74, 6) is 3.36. The van der Waals surface area contributed by atoms with Crippen LogP contribution >= 0.6 is 0 Å². The Kier molecular flexibility index (Phi) is 5.85. The standard InChI is InChI=1S/C13H24N4/c1-5-8-15-13(14-4)16-12-6-9-17(10-7-12)11(2)3/h1,11-12H,6-10H2,2-4H3,(H2,14,15,16). The zero-order valence-electron chi connectivity index (χ0n) is 11.2. The van der Waals surface area contributed by atoms with E-state index in [4.69, 9.17) is 6.42 Å². The van der Waals surface area contributed by atoms with Gasteiger partial charge in [0.25, 0.3) is 0 Å². The minimum Gasteiger partial charge on any atom is -0.354 e. The van der Waals surface area contributed by atoms with Crippen LogP contribution in [0.25, 0.3) is 0 Å². The largest absolute Gasteiger partial charge is 0.354 e. The molecule has 0 saturated carbocycles. The molecule has 1 heterocycles. The second-order valence-corrected chi connectivity index (χ2v) is 4.68. The Bertz CT molecular complexity index is 282. The molecule has 2 N–H and O–H groups in total. The van der Waals surface area contributed by atoms with Crippen LogP contribution < -0.4 is 10.6 Å². The summed E-state index contributed by atoms with van der Waals surface area (Å²) in [6, 6.07) is 1.16. The van der Waals surface area contributed by atoms with Crippen LogP contribution in [0.2, 0.25) is 0 Å². The van der Waals surface area contributed by atoms with Crippen LogP contribution in [-0.4, -0.2) is 49.6 Å². The van der Waals surface area contributed by atoms with Crippen molar-refractivity contribution in [1.82, 2.24) is 15.5 Å². The number of aliphatic imine (C=N–C) groups is 1. The van der Waals surface area contributed by atoms with E-state index < -0.39 is 0 Å². The van der Waals surface area contributed by atoms with E-state index >= 15 is 0 Å². The molecule has 96 valence electrons. The fraction of sp³-hybridized carbons (Fsp3) is 0.769. The van der Waals surface area contributed by atoms with Crippen molar-refractivity contribution >= 4 is 5.96 Å². The van der Waals surface area contributed by atoms with E-state index in [1.54, 1.807) is 7.05 Å². The van der Waals surface area contributed by atoms with Gasteiger partial charge in [0.2, 0.25) is 0 Å². The van der Waals surface area contributed by atoms with Crippen LogP contribution in [0.3, 0.4) is 0 Å². The van der Waals surface area contributed by atoms with Gasteiger partial charge in [-0.2, -0.15) is 0 Å². The second kappa shape index (κ2) is 7.18. The molecule has 0 amide bonds. The van der Waals surface area contributed by atoms with Gasteiger partial charge in [-0.05, 0) is 26.7 Å². The molecule has 1 saturated heterocycles. The molecule has 1 aliphatic rings. The molecule has 17 heavy (non-hydrogen) atoms. The number of guanidine groups is 1. The van der Waals surface area contributed by atoms with Crippen molar-refractivity contribution in [2.75, 3.05) is 26.7 Å². The molecule has 4 nitrogen and oxygen atoms in total. The number of piperidine rings is 1. The third-order valence-electron chi connectivity index (χ3n) is 3.18. The van der Waals surface area contributed by atoms with E-state index in [-0.39, 0.29) is 0 Å². The molecule has 0 aromatic heterocycles. The molecule has 0 aromatic rings. The van der Waals surface area contributed by atoms with Crippen molar-refractivity contribution in [2.45, 2.75) is 38.8 Å². The molecule has 0 unspecified atom stereocenters. The number of nitrogens with one attached hydrogen (secondary N) is 2. The van der Waals surface area contributed by atoms with E-state index in [0.717, 1.165) is 31.9 Å². The number of terminal acetylenes is 1. The van der Waals surface area contributed by atoms with Crippen LogP contribution in [0.4, 0.5) is 0 Å². The number of hydrogen-bond donors (Lipinski definition) is 2. The van der Waals surface area contributed by atoms with Gasteiger partial charge in [0.05, 0.1) is 6.54 Å². The molecule has 0 aliphatic carbocycles. The topological polar surface area (TPSA) is 39.7 Å². The number of hydrogen-bond acceptors (Lipinski definition) is 2. The summed E-state index contributed by atoms with van der Waals surface area (Å²) in [4.78, 5) is 6.67. The fourth-order valence-corrected chi connectivity index (χ4v) is 2.08. The lowest BCUT2D eigenvalue weighted by Gasteiger charge is -2.35. The van der Waals surface area contributed by atoms with E-state index in [1.807, 2.05) is 0 Å². The van der Waals surface area contributed by atoms with Gasteiger partial charge in [0, 0.05) is 32.2 Å². The quantitative estimate of drug-likeness (QED) is 0.429. The molecule has 0 bridgehead atoms. The van der Waals surface area contributed by atoms with Crippen molar-refractivity contribution in [3.63, 3.8) is 0 Å². The highest BCUT2D eigenvalue weighted by Gasteiger charge is 2.21. The third-order valence-corrected chi connectivity index (χ3v) is 3.18. The molecule has 0 aromatic carbocycles. The predicted octanol–water partition coefficient (Wildman–Crippen LogP) is 0.657. The van der Waals surface area contributed by atoms with Crippen LogP contribution in [0.15, 0.2) is 4.99 Å². The lowest BCUT2D eigenvalue weighted by molar-refractivity contribution is 0.167. The SMILES string of the molecule is C#CCNC(=NC)NC1CCN(C(C)C)CC1. The third kappa shape index (κ3) is 4.66. The minimum absolute atomic E-state index is 0.508. The maximum Gasteiger partial charge on any atom is 0.191 e. The highest BCUT2D eigenvalue weighted by Crippen LogP contribution is 2.12. The summed E-state index contributed by atoms with van der Waals surface area (Å²) in [5, 5.41) is 6.51. The van der Waals surface area contributed by atoms with Crippen LogP contribution in [-0.2, 0) is 0 Å². The number of likely N-dealkylation sites (tertiary alicyclic amines) is 1. The van der Waals surface area contributed by atoms with Gasteiger partial charge in [-0.1, -0.05) is 5.92 Å². The first-order chi connectivity index (χ1) is 8.17. The molecule has 0 radical (unpaired) electrons. The highest BCUT2D eigenvalue weighted by molar-refractivity contribution is 5.80. The Morgan fingerprint density at radius 1 is 1.47 bits per heavy atom. The van der Waals surface area contributed by atoms with E-state index in [9.17, 15) is 0 Å². The van der Waals surface area contributed by atoms with Gasteiger partial charge < -0.3 is 15.5 Å². The van der Waals surface area contributed by atoms with Crippen molar-refractivity contribution in [3.05, 3.63) is 0 Å². The average molecular weight is 236 g/mol. The van der Waals surface area contributed by atoms with E-state index in [0.29, 0.717) is 18.6 Å². The zero-order chi connectivity index (χ0) is 12.7. The predicted molar refractivity (Wildman–Crippen MR) is 73.1 cm³/mol. The van der Waals surface area contributed by atoms with Crippen LogP contribution in [0, 0.1) is 12.3 Å². The van der Waals surface area contributed by atoms with Gasteiger partial charge in [0.15, 0.2) is 5.96 Å². The van der Waals surface area contributed by atoms with Crippen LogP contribution in [0.5, 0.6) is 0 Å². The molecule has 0 atom stereocenters. The average Bonchev–Trinajstić information content (AvgIpc) is 2.35. The summed E-state index contributed by atoms with van der Waals surface area (Å²) in [5.41, 5.74) is 0. The lowest BCUT2D eigenvalue weighted by atomic mass is 10.0. The molecular weight excluding hydrogens is 212 g/mol. The smallest absolute Gasteiger partial charge is 0.191 e. The second-order valence-electron chi connectivity index (χ2n) is 4.68. The molecule has 4 heteroatoms. The maximum absolute atomic E-state index is 5.21. The zero-order valence-corrected chi connectivity index (χ0v) is 11.2. The Morgan fingerprint density at radius 3 is 2.59 bits per heavy atom. The first kappa shape index (κ1) is 13.9. The first-order valence-electron chi connectivity index (χ1n) is 6.32. The molecule has 1 fully saturated rings. The minimum atomic E-state index is 0.508. The Labute approximate surface area is 105 Å². The summed E-state index contributed by atoms with van der Waals surface area (Å²) in [6.45, 7) is 7.33. The maximum atomic E-state index is 5.21. The Morgan fingerprint density at radius 2 is 2.12 bits per heavy atom. The molecule has 0 spiro atoms. The van der Waals surface area contributed by atoms with Gasteiger partial charge in [-0.3, -0.25) is 4.99 Å². The van der Waals surface area contributed by atoms with Gasteiger partial charge in [-0.25, -0.2) is 0 Å². The van der Waals surface area contributed by atoms with Crippen molar-refractivity contribution in [1.29, 1.82) is 0 Å². The summed E-state index contributed by atoms with van der Waals surface area (Å²) >= 11 is 0. The lowest BCUT2D eigenvalue weighted by Crippen LogP contribution is -2.49. The number of rotatable bonds is 3. The normalized spacial score (nSPS) is 19.1. The number of nitrogens with zero attached hydrogens (tertiary/aromatic N) is 2. The Balaban J connectivity index is 2.32. The van der Waals surface area contributed by atoms with Crippen molar-refractivity contribution in [3.8, 4) is 12.3 Å². The molecule has 1 aliphatic heterocycles. The summed E-state index contributed by atoms with van der Waals surface area (Å²) < 4.78 is 0. The van der Waals surface area contributed by atoms with Gasteiger partial charge in [-0.15, -0.1) is 6.42 Å². The summed E-state index contributed by atoms with van der Waals surface area (Å²) in [6.07, 6.45) is 7.54. The molecular formula is C13H24N4. The Hall–Kier alpha value is -1.21. The van der Waals surface area contributed by atoms with Crippen molar-refractivity contribution < 1.29 is 0 Å². The van der Waals surface area contributed by atoms with E-state index in [1.165, 1.54) is 0 Å². The monoisotopic (exact) mass is 236 g/mol. The van der Waals surface area contributed by atoms with E-state index in [2.05, 4.69) is 40.3 Å².